The Morgan fingerprint density at radius 3 is 2.70 bits per heavy atom. The highest BCUT2D eigenvalue weighted by molar-refractivity contribution is 5.85. The van der Waals surface area contributed by atoms with Crippen molar-refractivity contribution in [3.8, 4) is 0 Å². The van der Waals surface area contributed by atoms with Crippen LogP contribution in [0.5, 0.6) is 0 Å². The lowest BCUT2D eigenvalue weighted by atomic mass is 9.81. The molecule has 2 amide bonds. The van der Waals surface area contributed by atoms with E-state index in [2.05, 4.69) is 5.32 Å². The number of nitrogens with one attached hydrogen (secondary N) is 1. The minimum Gasteiger partial charge on any atom is -0.396 e. The third kappa shape index (κ3) is 5.30. The van der Waals surface area contributed by atoms with Gasteiger partial charge < -0.3 is 20.1 Å². The minimum absolute atomic E-state index is 0.00236. The van der Waals surface area contributed by atoms with Crippen molar-refractivity contribution in [1.29, 1.82) is 0 Å². The van der Waals surface area contributed by atoms with Crippen LogP contribution >= 0.6 is 0 Å². The van der Waals surface area contributed by atoms with Gasteiger partial charge in [0, 0.05) is 38.6 Å². The summed E-state index contributed by atoms with van der Waals surface area (Å²) in [6.45, 7) is 7.10. The lowest BCUT2D eigenvalue weighted by molar-refractivity contribution is -0.144. The van der Waals surface area contributed by atoms with E-state index in [0.717, 1.165) is 11.1 Å². The molecule has 1 aromatic rings. The fraction of sp³-hybridized carbons (Fsp3) is 0.619. The van der Waals surface area contributed by atoms with Crippen molar-refractivity contribution in [1.82, 2.24) is 10.2 Å². The molecule has 0 radical (unpaired) electrons. The molecule has 0 aliphatic carbocycles. The number of piperidine rings is 1. The number of nitrogens with zero attached hydrogens (tertiary/aromatic N) is 1. The molecule has 1 fully saturated rings. The number of carbonyl (C=O) groups excluding carboxylic acids is 2. The summed E-state index contributed by atoms with van der Waals surface area (Å²) < 4.78 is 5.19. The molecule has 27 heavy (non-hydrogen) atoms. The highest BCUT2D eigenvalue weighted by Gasteiger charge is 2.41. The van der Waals surface area contributed by atoms with Crippen LogP contribution < -0.4 is 5.32 Å². The van der Waals surface area contributed by atoms with Crippen LogP contribution in [0.3, 0.4) is 0 Å². The second-order valence-electron chi connectivity index (χ2n) is 8.07. The summed E-state index contributed by atoms with van der Waals surface area (Å²) in [7, 11) is 1.61. The van der Waals surface area contributed by atoms with E-state index in [9.17, 15) is 14.7 Å². The summed E-state index contributed by atoms with van der Waals surface area (Å²) in [5, 5.41) is 12.4. The van der Waals surface area contributed by atoms with Gasteiger partial charge in [-0.2, -0.15) is 0 Å². The number of rotatable bonds is 8. The largest absolute Gasteiger partial charge is 0.396 e. The molecule has 1 saturated heterocycles. The van der Waals surface area contributed by atoms with Gasteiger partial charge in [0.1, 0.15) is 0 Å². The molecule has 2 atom stereocenters. The van der Waals surface area contributed by atoms with Crippen LogP contribution in [-0.4, -0.2) is 55.2 Å². The van der Waals surface area contributed by atoms with Crippen molar-refractivity contribution in [3.05, 3.63) is 35.4 Å². The van der Waals surface area contributed by atoms with Crippen molar-refractivity contribution < 1.29 is 19.4 Å². The molecular weight excluding hydrogens is 344 g/mol. The molecule has 2 rings (SSSR count). The van der Waals surface area contributed by atoms with Gasteiger partial charge in [0.15, 0.2) is 0 Å². The van der Waals surface area contributed by atoms with Crippen LogP contribution in [0, 0.1) is 18.3 Å². The third-order valence-corrected chi connectivity index (χ3v) is 5.26. The zero-order valence-electron chi connectivity index (χ0n) is 16.8. The van der Waals surface area contributed by atoms with Gasteiger partial charge in [0.05, 0.1) is 18.6 Å². The van der Waals surface area contributed by atoms with E-state index in [1.807, 2.05) is 45.0 Å². The van der Waals surface area contributed by atoms with Crippen LogP contribution in [0.4, 0.5) is 0 Å². The van der Waals surface area contributed by atoms with Gasteiger partial charge in [-0.3, -0.25) is 9.59 Å². The summed E-state index contributed by atoms with van der Waals surface area (Å²) in [6, 6.07) is 7.60. The monoisotopic (exact) mass is 376 g/mol. The smallest absolute Gasteiger partial charge is 0.225 e. The predicted octanol–water partition coefficient (Wildman–Crippen LogP) is 2.06. The van der Waals surface area contributed by atoms with E-state index < -0.39 is 0 Å². The maximum absolute atomic E-state index is 13.0. The lowest BCUT2D eigenvalue weighted by Crippen LogP contribution is -2.50. The quantitative estimate of drug-likeness (QED) is 0.728. The lowest BCUT2D eigenvalue weighted by Gasteiger charge is -2.41. The second kappa shape index (κ2) is 9.33. The van der Waals surface area contributed by atoms with E-state index in [1.54, 1.807) is 12.0 Å². The van der Waals surface area contributed by atoms with Crippen molar-refractivity contribution in [2.24, 2.45) is 11.3 Å². The molecule has 6 nitrogen and oxygen atoms in total. The normalized spacial score (nSPS) is 20.6. The molecule has 6 heteroatoms. The molecule has 150 valence electrons. The molecule has 2 N–H and O–H groups in total. The van der Waals surface area contributed by atoms with Gasteiger partial charge in [-0.05, 0) is 24.5 Å². The Bertz CT molecular complexity index is 659. The van der Waals surface area contributed by atoms with Gasteiger partial charge in [-0.15, -0.1) is 0 Å². The summed E-state index contributed by atoms with van der Waals surface area (Å²) in [5.41, 5.74) is 1.69. The summed E-state index contributed by atoms with van der Waals surface area (Å²) in [4.78, 5) is 27.4. The summed E-state index contributed by atoms with van der Waals surface area (Å²) in [5.74, 6) is -0.338. The number of hydrogen-bond acceptors (Lipinski definition) is 4. The fourth-order valence-electron chi connectivity index (χ4n) is 3.50. The molecule has 0 aromatic heterocycles. The maximum Gasteiger partial charge on any atom is 0.225 e. The van der Waals surface area contributed by atoms with Crippen molar-refractivity contribution in [2.75, 3.05) is 33.4 Å². The van der Waals surface area contributed by atoms with Crippen LogP contribution in [0.2, 0.25) is 0 Å². The highest BCUT2D eigenvalue weighted by atomic mass is 16.5. The Labute approximate surface area is 161 Å². The number of likely N-dealkylation sites (tertiary alicyclic amines) is 1. The van der Waals surface area contributed by atoms with Gasteiger partial charge in [-0.25, -0.2) is 0 Å². The third-order valence-electron chi connectivity index (χ3n) is 5.26. The van der Waals surface area contributed by atoms with Crippen LogP contribution in [0.1, 0.15) is 43.9 Å². The van der Waals surface area contributed by atoms with Gasteiger partial charge in [0.25, 0.3) is 0 Å². The van der Waals surface area contributed by atoms with Crippen molar-refractivity contribution in [3.63, 3.8) is 0 Å². The zero-order chi connectivity index (χ0) is 20.0. The number of benzene rings is 1. The first-order valence-electron chi connectivity index (χ1n) is 9.53. The Kier molecular flexibility index (Phi) is 7.39. The number of ether oxygens (including phenoxy) is 1. The minimum atomic E-state index is -0.381. The molecular formula is C21H32N2O4. The van der Waals surface area contributed by atoms with Gasteiger partial charge in [0.2, 0.25) is 11.8 Å². The topological polar surface area (TPSA) is 78.9 Å². The number of hydrogen-bond donors (Lipinski definition) is 2. The number of aliphatic hydroxyl groups excluding tert-OH is 1. The first-order valence-corrected chi connectivity index (χ1v) is 9.53. The Hall–Kier alpha value is -1.92. The zero-order valence-corrected chi connectivity index (χ0v) is 16.8. The summed E-state index contributed by atoms with van der Waals surface area (Å²) in [6.07, 6.45) is 0.875. The number of aliphatic hydroxyl groups is 1. The number of amides is 2. The van der Waals surface area contributed by atoms with E-state index >= 15 is 0 Å². The Morgan fingerprint density at radius 1 is 1.37 bits per heavy atom. The first-order chi connectivity index (χ1) is 12.8. The number of carbonyl (C=O) groups is 2. The standard InChI is InChI=1S/C21H32N2O4/c1-15-7-5-6-8-16(15)19-17(20(26)22-13-21(2,3)14-24)9-10-18(25)23(19)11-12-27-4/h5-8,17,19,24H,9-14H2,1-4H3,(H,22,26)/t17-,19+/m1/s1. The van der Waals surface area contributed by atoms with E-state index in [1.165, 1.54) is 0 Å². The molecule has 1 aromatic carbocycles. The highest BCUT2D eigenvalue weighted by Crippen LogP contribution is 2.38. The molecule has 0 unspecified atom stereocenters. The van der Waals surface area contributed by atoms with Crippen LogP contribution in [0.15, 0.2) is 24.3 Å². The van der Waals surface area contributed by atoms with Gasteiger partial charge in [-0.1, -0.05) is 38.1 Å². The fourth-order valence-corrected chi connectivity index (χ4v) is 3.50. The SMILES string of the molecule is COCCN1C(=O)CC[C@@H](C(=O)NCC(C)(C)CO)[C@@H]1c1ccccc1C. The Morgan fingerprint density at radius 2 is 2.07 bits per heavy atom. The van der Waals surface area contributed by atoms with Crippen molar-refractivity contribution in [2.45, 2.75) is 39.7 Å². The van der Waals surface area contributed by atoms with Crippen molar-refractivity contribution >= 4 is 11.8 Å². The molecule has 1 aliphatic rings. The number of aryl methyl sites for hydroxylation is 1. The van der Waals surface area contributed by atoms with Gasteiger partial charge >= 0.3 is 0 Å². The van der Waals surface area contributed by atoms with Crippen LogP contribution in [-0.2, 0) is 14.3 Å². The Balaban J connectivity index is 2.31. The molecule has 0 saturated carbocycles. The van der Waals surface area contributed by atoms with E-state index in [-0.39, 0.29) is 35.8 Å². The van der Waals surface area contributed by atoms with E-state index in [4.69, 9.17) is 4.74 Å². The molecule has 0 bridgehead atoms. The second-order valence-corrected chi connectivity index (χ2v) is 8.07. The molecule has 1 heterocycles. The van der Waals surface area contributed by atoms with Crippen LogP contribution in [0.25, 0.3) is 0 Å². The average Bonchev–Trinajstić information content (AvgIpc) is 2.65. The number of methoxy groups -OCH3 is 1. The summed E-state index contributed by atoms with van der Waals surface area (Å²) >= 11 is 0. The molecule has 0 spiro atoms. The molecule has 1 aliphatic heterocycles. The predicted molar refractivity (Wildman–Crippen MR) is 104 cm³/mol. The maximum atomic E-state index is 13.0. The average molecular weight is 376 g/mol. The van der Waals surface area contributed by atoms with E-state index in [0.29, 0.717) is 32.5 Å². The first kappa shape index (κ1) is 21.4.